The first-order valence-electron chi connectivity index (χ1n) is 4.12. The molecule has 0 aromatic carbocycles. The lowest BCUT2D eigenvalue weighted by Gasteiger charge is -2.10. The highest BCUT2D eigenvalue weighted by molar-refractivity contribution is 5.37. The van der Waals surface area contributed by atoms with Crippen LogP contribution in [0.1, 0.15) is 6.92 Å². The number of anilines is 1. The maximum atomic E-state index is 4.05. The summed E-state index contributed by atoms with van der Waals surface area (Å²) in [6.45, 7) is 3.05. The molecule has 0 fully saturated rings. The molecule has 4 heteroatoms. The van der Waals surface area contributed by atoms with Crippen molar-refractivity contribution in [2.24, 2.45) is 7.05 Å². The fourth-order valence-electron chi connectivity index (χ4n) is 0.886. The van der Waals surface area contributed by atoms with E-state index in [0.29, 0.717) is 6.04 Å². The Bertz CT molecular complexity index is 231. The highest BCUT2D eigenvalue weighted by Crippen LogP contribution is 2.02. The minimum atomic E-state index is 0.477. The molecule has 0 aliphatic heterocycles. The zero-order valence-electron chi connectivity index (χ0n) is 7.83. The van der Waals surface area contributed by atoms with Crippen LogP contribution in [0.25, 0.3) is 0 Å². The second-order valence-electron chi connectivity index (χ2n) is 2.97. The highest BCUT2D eigenvalue weighted by Gasteiger charge is 1.98. The monoisotopic (exact) mass is 168 g/mol. The highest BCUT2D eigenvalue weighted by atomic mass is 15.3. The molecule has 0 aliphatic carbocycles. The topological polar surface area (TPSA) is 41.9 Å². The van der Waals surface area contributed by atoms with Gasteiger partial charge in [0.15, 0.2) is 0 Å². The molecule has 12 heavy (non-hydrogen) atoms. The second-order valence-corrected chi connectivity index (χ2v) is 2.97. The minimum absolute atomic E-state index is 0.477. The van der Waals surface area contributed by atoms with E-state index in [9.17, 15) is 0 Å². The molecule has 0 spiro atoms. The Morgan fingerprint density at radius 2 is 2.42 bits per heavy atom. The van der Waals surface area contributed by atoms with Crippen LogP contribution in [-0.2, 0) is 7.05 Å². The number of nitrogens with zero attached hydrogens (tertiary/aromatic N) is 2. The maximum Gasteiger partial charge on any atom is 0.0726 e. The van der Waals surface area contributed by atoms with Crippen molar-refractivity contribution in [3.8, 4) is 0 Å². The van der Waals surface area contributed by atoms with Crippen molar-refractivity contribution in [2.75, 3.05) is 18.9 Å². The van der Waals surface area contributed by atoms with Gasteiger partial charge in [0.2, 0.25) is 0 Å². The van der Waals surface area contributed by atoms with Crippen LogP contribution in [0, 0.1) is 0 Å². The lowest BCUT2D eigenvalue weighted by molar-refractivity contribution is 0.638. The SMILES string of the molecule is CNC(C)CNc1cnn(C)c1. The summed E-state index contributed by atoms with van der Waals surface area (Å²) in [6, 6.07) is 0.477. The summed E-state index contributed by atoms with van der Waals surface area (Å²) >= 11 is 0. The number of hydrogen-bond acceptors (Lipinski definition) is 3. The summed E-state index contributed by atoms with van der Waals surface area (Å²) in [7, 11) is 3.86. The zero-order valence-corrected chi connectivity index (χ0v) is 7.83. The number of hydrogen-bond donors (Lipinski definition) is 2. The summed E-state index contributed by atoms with van der Waals surface area (Å²) in [5.41, 5.74) is 1.07. The van der Waals surface area contributed by atoms with E-state index < -0.39 is 0 Å². The van der Waals surface area contributed by atoms with E-state index in [1.807, 2.05) is 26.5 Å². The molecular weight excluding hydrogens is 152 g/mol. The van der Waals surface area contributed by atoms with Crippen LogP contribution >= 0.6 is 0 Å². The summed E-state index contributed by atoms with van der Waals surface area (Å²) in [5.74, 6) is 0. The quantitative estimate of drug-likeness (QED) is 0.685. The molecule has 1 rings (SSSR count). The van der Waals surface area contributed by atoms with Gasteiger partial charge in [0.25, 0.3) is 0 Å². The van der Waals surface area contributed by atoms with Crippen LogP contribution in [0.5, 0.6) is 0 Å². The molecule has 1 aromatic rings. The largest absolute Gasteiger partial charge is 0.381 e. The Kier molecular flexibility index (Phi) is 3.10. The fourth-order valence-corrected chi connectivity index (χ4v) is 0.886. The average molecular weight is 168 g/mol. The van der Waals surface area contributed by atoms with Crippen molar-refractivity contribution >= 4 is 5.69 Å². The number of rotatable bonds is 4. The van der Waals surface area contributed by atoms with E-state index in [2.05, 4.69) is 22.7 Å². The summed E-state index contributed by atoms with van der Waals surface area (Å²) in [5, 5.41) is 10.5. The van der Waals surface area contributed by atoms with Gasteiger partial charge in [-0.2, -0.15) is 5.10 Å². The van der Waals surface area contributed by atoms with Gasteiger partial charge in [-0.05, 0) is 14.0 Å². The van der Waals surface area contributed by atoms with Crippen LogP contribution in [-0.4, -0.2) is 29.4 Å². The molecule has 0 bridgehead atoms. The van der Waals surface area contributed by atoms with Gasteiger partial charge in [0, 0.05) is 25.8 Å². The Labute approximate surface area is 73.0 Å². The third-order valence-corrected chi connectivity index (χ3v) is 1.81. The van der Waals surface area contributed by atoms with Gasteiger partial charge >= 0.3 is 0 Å². The summed E-state index contributed by atoms with van der Waals surface area (Å²) in [6.07, 6.45) is 3.78. The molecule has 0 amide bonds. The van der Waals surface area contributed by atoms with Crippen LogP contribution in [0.3, 0.4) is 0 Å². The number of likely N-dealkylation sites (N-methyl/N-ethyl adjacent to an activating group) is 1. The van der Waals surface area contributed by atoms with Gasteiger partial charge in [-0.3, -0.25) is 4.68 Å². The number of aryl methyl sites for hydroxylation is 1. The van der Waals surface area contributed by atoms with E-state index in [1.54, 1.807) is 4.68 Å². The molecule has 0 aliphatic rings. The van der Waals surface area contributed by atoms with Crippen molar-refractivity contribution in [1.82, 2.24) is 15.1 Å². The van der Waals surface area contributed by atoms with Crippen molar-refractivity contribution in [2.45, 2.75) is 13.0 Å². The standard InChI is InChI=1S/C8H16N4/c1-7(9-2)4-10-8-5-11-12(3)6-8/h5-7,9-10H,4H2,1-3H3. The molecule has 68 valence electrons. The molecule has 1 atom stereocenters. The van der Waals surface area contributed by atoms with Crippen LogP contribution < -0.4 is 10.6 Å². The molecule has 1 aromatic heterocycles. The Hall–Kier alpha value is -1.03. The van der Waals surface area contributed by atoms with Crippen LogP contribution in [0.2, 0.25) is 0 Å². The van der Waals surface area contributed by atoms with Gasteiger partial charge in [-0.1, -0.05) is 0 Å². The Balaban J connectivity index is 2.33. The molecule has 1 heterocycles. The van der Waals surface area contributed by atoms with Gasteiger partial charge in [-0.25, -0.2) is 0 Å². The first-order valence-corrected chi connectivity index (χ1v) is 4.12. The van der Waals surface area contributed by atoms with Crippen LogP contribution in [0.4, 0.5) is 5.69 Å². The zero-order chi connectivity index (χ0) is 8.97. The number of nitrogens with one attached hydrogen (secondary N) is 2. The van der Waals surface area contributed by atoms with E-state index >= 15 is 0 Å². The van der Waals surface area contributed by atoms with Crippen molar-refractivity contribution in [1.29, 1.82) is 0 Å². The lowest BCUT2D eigenvalue weighted by atomic mass is 10.3. The molecule has 2 N–H and O–H groups in total. The molecule has 0 saturated carbocycles. The fraction of sp³-hybridized carbons (Fsp3) is 0.625. The Morgan fingerprint density at radius 1 is 1.67 bits per heavy atom. The molecular formula is C8H16N4. The van der Waals surface area contributed by atoms with Crippen molar-refractivity contribution in [3.05, 3.63) is 12.4 Å². The van der Waals surface area contributed by atoms with E-state index in [-0.39, 0.29) is 0 Å². The van der Waals surface area contributed by atoms with Gasteiger partial charge in [-0.15, -0.1) is 0 Å². The third kappa shape index (κ3) is 2.54. The smallest absolute Gasteiger partial charge is 0.0726 e. The summed E-state index contributed by atoms with van der Waals surface area (Å²) < 4.78 is 1.78. The first kappa shape index (κ1) is 9.06. The maximum absolute atomic E-state index is 4.05. The van der Waals surface area contributed by atoms with E-state index in [1.165, 1.54) is 0 Å². The Morgan fingerprint density at radius 3 is 2.92 bits per heavy atom. The van der Waals surface area contributed by atoms with E-state index in [0.717, 1.165) is 12.2 Å². The molecule has 0 radical (unpaired) electrons. The summed E-state index contributed by atoms with van der Waals surface area (Å²) in [4.78, 5) is 0. The van der Waals surface area contributed by atoms with Gasteiger partial charge in [0.05, 0.1) is 11.9 Å². The lowest BCUT2D eigenvalue weighted by Crippen LogP contribution is -2.29. The predicted molar refractivity (Wildman–Crippen MR) is 50.2 cm³/mol. The van der Waals surface area contributed by atoms with Crippen molar-refractivity contribution in [3.63, 3.8) is 0 Å². The van der Waals surface area contributed by atoms with Crippen LogP contribution in [0.15, 0.2) is 12.4 Å². The molecule has 4 nitrogen and oxygen atoms in total. The average Bonchev–Trinajstić information content (AvgIpc) is 2.47. The van der Waals surface area contributed by atoms with Gasteiger partial charge < -0.3 is 10.6 Å². The third-order valence-electron chi connectivity index (χ3n) is 1.81. The normalized spacial score (nSPS) is 12.9. The first-order chi connectivity index (χ1) is 5.72. The predicted octanol–water partition coefficient (Wildman–Crippen LogP) is 0.440. The number of aromatic nitrogens is 2. The van der Waals surface area contributed by atoms with Gasteiger partial charge in [0.1, 0.15) is 0 Å². The van der Waals surface area contributed by atoms with Crippen molar-refractivity contribution < 1.29 is 0 Å². The minimum Gasteiger partial charge on any atom is -0.381 e. The molecule has 0 saturated heterocycles. The van der Waals surface area contributed by atoms with E-state index in [4.69, 9.17) is 0 Å². The second kappa shape index (κ2) is 4.11. The molecule has 1 unspecified atom stereocenters.